The van der Waals surface area contributed by atoms with Crippen LogP contribution in [0.15, 0.2) is 36.4 Å². The van der Waals surface area contributed by atoms with Gasteiger partial charge in [-0.1, -0.05) is 23.7 Å². The number of hydrogen-bond acceptors (Lipinski definition) is 5. The summed E-state index contributed by atoms with van der Waals surface area (Å²) >= 11 is 6.53. The van der Waals surface area contributed by atoms with Gasteiger partial charge in [0.1, 0.15) is 24.3 Å². The summed E-state index contributed by atoms with van der Waals surface area (Å²) in [6.45, 7) is 0.750. The molecule has 2 aromatic carbocycles. The topological polar surface area (TPSA) is 57.2 Å². The number of ether oxygens (including phenoxy) is 4. The van der Waals surface area contributed by atoms with E-state index >= 15 is 0 Å². The van der Waals surface area contributed by atoms with E-state index in [0.29, 0.717) is 36.6 Å². The van der Waals surface area contributed by atoms with Crippen LogP contribution in [-0.4, -0.2) is 50.4 Å². The van der Waals surface area contributed by atoms with Gasteiger partial charge in [0, 0.05) is 29.8 Å². The molecule has 0 saturated carbocycles. The van der Waals surface area contributed by atoms with Crippen molar-refractivity contribution in [2.24, 2.45) is 0 Å². The SMILES string of the molecule is COc1cc(Cl)c(Cc2ccc(O[C@H]3CCOC3)cc2)cc1[C@H]1C[C@@H](O)C[C@@H](CF)O1. The number of halogens is 2. The van der Waals surface area contributed by atoms with E-state index in [1.54, 1.807) is 13.2 Å². The molecule has 31 heavy (non-hydrogen) atoms. The summed E-state index contributed by atoms with van der Waals surface area (Å²) in [5, 5.41) is 10.7. The number of aliphatic hydroxyl groups excluding tert-OH is 1. The van der Waals surface area contributed by atoms with Gasteiger partial charge in [0.15, 0.2) is 0 Å². The molecule has 0 spiro atoms. The van der Waals surface area contributed by atoms with Crippen molar-refractivity contribution in [1.82, 2.24) is 0 Å². The van der Waals surface area contributed by atoms with E-state index in [1.165, 1.54) is 0 Å². The van der Waals surface area contributed by atoms with Crippen molar-refractivity contribution in [2.45, 2.75) is 50.1 Å². The van der Waals surface area contributed by atoms with Crippen LogP contribution in [0.5, 0.6) is 11.5 Å². The molecular weight excluding hydrogens is 423 g/mol. The van der Waals surface area contributed by atoms with E-state index in [9.17, 15) is 9.50 Å². The third-order valence-electron chi connectivity index (χ3n) is 5.80. The molecule has 1 N–H and O–H groups in total. The third-order valence-corrected chi connectivity index (χ3v) is 6.16. The van der Waals surface area contributed by atoms with Crippen molar-refractivity contribution in [3.63, 3.8) is 0 Å². The van der Waals surface area contributed by atoms with Crippen molar-refractivity contribution in [2.75, 3.05) is 27.0 Å². The highest BCUT2D eigenvalue weighted by atomic mass is 35.5. The Bertz CT molecular complexity index is 869. The van der Waals surface area contributed by atoms with Gasteiger partial charge in [-0.15, -0.1) is 0 Å². The minimum atomic E-state index is -0.627. The van der Waals surface area contributed by atoms with Crippen molar-refractivity contribution >= 4 is 11.6 Å². The highest BCUT2D eigenvalue weighted by Gasteiger charge is 2.31. The summed E-state index contributed by atoms with van der Waals surface area (Å²) in [5.74, 6) is 1.40. The molecule has 7 heteroatoms. The first-order chi connectivity index (χ1) is 15.1. The Morgan fingerprint density at radius 2 is 2.00 bits per heavy atom. The molecule has 0 bridgehead atoms. The number of benzene rings is 2. The summed E-state index contributed by atoms with van der Waals surface area (Å²) in [5.41, 5.74) is 2.77. The fraction of sp³-hybridized carbons (Fsp3) is 0.500. The first kappa shape index (κ1) is 22.3. The molecule has 4 atom stereocenters. The zero-order valence-electron chi connectivity index (χ0n) is 17.6. The molecule has 5 nitrogen and oxygen atoms in total. The van der Waals surface area contributed by atoms with E-state index in [4.69, 9.17) is 30.5 Å². The Hall–Kier alpha value is -1.86. The molecule has 168 valence electrons. The summed E-state index contributed by atoms with van der Waals surface area (Å²) < 4.78 is 35.9. The van der Waals surface area contributed by atoms with E-state index in [-0.39, 0.29) is 6.10 Å². The molecule has 2 aliphatic heterocycles. The Morgan fingerprint density at radius 1 is 1.19 bits per heavy atom. The van der Waals surface area contributed by atoms with Crippen molar-refractivity contribution in [3.8, 4) is 11.5 Å². The van der Waals surface area contributed by atoms with Crippen LogP contribution in [0.4, 0.5) is 4.39 Å². The van der Waals surface area contributed by atoms with Crippen LogP contribution in [0.1, 0.15) is 42.1 Å². The van der Waals surface area contributed by atoms with Crippen LogP contribution in [0, 0.1) is 0 Å². The minimum absolute atomic E-state index is 0.114. The average Bonchev–Trinajstić information content (AvgIpc) is 3.28. The van der Waals surface area contributed by atoms with Crippen LogP contribution >= 0.6 is 11.6 Å². The van der Waals surface area contributed by atoms with Gasteiger partial charge in [-0.3, -0.25) is 0 Å². The summed E-state index contributed by atoms with van der Waals surface area (Å²) in [4.78, 5) is 0. The van der Waals surface area contributed by atoms with Crippen LogP contribution in [0.3, 0.4) is 0 Å². The Kier molecular flexibility index (Phi) is 7.33. The molecule has 0 radical (unpaired) electrons. The highest BCUT2D eigenvalue weighted by molar-refractivity contribution is 6.31. The van der Waals surface area contributed by atoms with E-state index < -0.39 is 25.0 Å². The summed E-state index contributed by atoms with van der Waals surface area (Å²) in [6.07, 6.45) is 0.666. The zero-order valence-corrected chi connectivity index (χ0v) is 18.3. The molecular formula is C24H28ClFO5. The maximum atomic E-state index is 13.2. The molecule has 2 heterocycles. The Balaban J connectivity index is 1.52. The lowest BCUT2D eigenvalue weighted by atomic mass is 9.93. The monoisotopic (exact) mass is 450 g/mol. The third kappa shape index (κ3) is 5.50. The second kappa shape index (κ2) is 10.2. The smallest absolute Gasteiger partial charge is 0.126 e. The lowest BCUT2D eigenvalue weighted by molar-refractivity contribution is -0.105. The molecule has 0 aliphatic carbocycles. The molecule has 0 amide bonds. The largest absolute Gasteiger partial charge is 0.496 e. The number of aliphatic hydroxyl groups is 1. The van der Waals surface area contributed by atoms with Gasteiger partial charge in [-0.05, 0) is 41.8 Å². The van der Waals surface area contributed by atoms with Gasteiger partial charge in [0.2, 0.25) is 0 Å². The van der Waals surface area contributed by atoms with Gasteiger partial charge in [0.05, 0.1) is 38.6 Å². The molecule has 2 aromatic rings. The summed E-state index contributed by atoms with van der Waals surface area (Å²) in [6, 6.07) is 11.7. The Morgan fingerprint density at radius 3 is 2.68 bits per heavy atom. The molecule has 0 aromatic heterocycles. The standard InChI is InChI=1S/C24H28ClFO5/c1-28-23-12-22(25)16(9-21(23)24-11-17(27)10-20(13-26)31-24)8-15-2-4-18(5-3-15)30-19-6-7-29-14-19/h2-5,9,12,17,19-20,24,27H,6-8,10-11,13-14H2,1H3/t17-,19-,20-,24+/m0/s1. The number of hydrogen-bond donors (Lipinski definition) is 1. The predicted molar refractivity (Wildman–Crippen MR) is 116 cm³/mol. The molecule has 0 unspecified atom stereocenters. The van der Waals surface area contributed by atoms with Crippen LogP contribution in [-0.2, 0) is 15.9 Å². The van der Waals surface area contributed by atoms with E-state index in [2.05, 4.69) is 0 Å². The second-order valence-electron chi connectivity index (χ2n) is 8.14. The van der Waals surface area contributed by atoms with E-state index in [0.717, 1.165) is 35.5 Å². The van der Waals surface area contributed by atoms with Gasteiger partial charge in [0.25, 0.3) is 0 Å². The molecule has 2 fully saturated rings. The number of alkyl halides is 1. The fourth-order valence-corrected chi connectivity index (χ4v) is 4.40. The van der Waals surface area contributed by atoms with Crippen molar-refractivity contribution < 1.29 is 28.4 Å². The summed E-state index contributed by atoms with van der Waals surface area (Å²) in [7, 11) is 1.56. The van der Waals surface area contributed by atoms with Gasteiger partial charge in [-0.2, -0.15) is 0 Å². The lowest BCUT2D eigenvalue weighted by Crippen LogP contribution is -2.32. The quantitative estimate of drug-likeness (QED) is 0.665. The van der Waals surface area contributed by atoms with Crippen LogP contribution in [0.2, 0.25) is 5.02 Å². The van der Waals surface area contributed by atoms with Crippen LogP contribution in [0.25, 0.3) is 0 Å². The van der Waals surface area contributed by atoms with Crippen molar-refractivity contribution in [3.05, 3.63) is 58.1 Å². The number of methoxy groups -OCH3 is 1. The Labute approximate surface area is 187 Å². The lowest BCUT2D eigenvalue weighted by Gasteiger charge is -2.33. The first-order valence-corrected chi connectivity index (χ1v) is 11.0. The predicted octanol–water partition coefficient (Wildman–Crippen LogP) is 4.66. The molecule has 2 aliphatic rings. The first-order valence-electron chi connectivity index (χ1n) is 10.6. The number of rotatable bonds is 7. The van der Waals surface area contributed by atoms with E-state index in [1.807, 2.05) is 30.3 Å². The van der Waals surface area contributed by atoms with Crippen molar-refractivity contribution in [1.29, 1.82) is 0 Å². The minimum Gasteiger partial charge on any atom is -0.496 e. The maximum absolute atomic E-state index is 13.2. The second-order valence-corrected chi connectivity index (χ2v) is 8.54. The molecule has 4 rings (SSSR count). The fourth-order valence-electron chi connectivity index (χ4n) is 4.18. The zero-order chi connectivity index (χ0) is 21.8. The van der Waals surface area contributed by atoms with Gasteiger partial charge < -0.3 is 24.1 Å². The van der Waals surface area contributed by atoms with Gasteiger partial charge in [-0.25, -0.2) is 4.39 Å². The van der Waals surface area contributed by atoms with Gasteiger partial charge >= 0.3 is 0 Å². The molecule has 2 saturated heterocycles. The highest BCUT2D eigenvalue weighted by Crippen LogP contribution is 2.39. The normalized spacial score (nSPS) is 26.1. The van der Waals surface area contributed by atoms with Crippen LogP contribution < -0.4 is 9.47 Å². The maximum Gasteiger partial charge on any atom is 0.126 e. The average molecular weight is 451 g/mol.